The van der Waals surface area contributed by atoms with Crippen molar-refractivity contribution in [2.75, 3.05) is 0 Å². The van der Waals surface area contributed by atoms with Crippen molar-refractivity contribution < 1.29 is 9.59 Å². The minimum atomic E-state index is -0.446. The van der Waals surface area contributed by atoms with Gasteiger partial charge in [-0.05, 0) is 47.7 Å². The fourth-order valence-corrected chi connectivity index (χ4v) is 1.81. The van der Waals surface area contributed by atoms with Crippen molar-refractivity contribution in [1.82, 2.24) is 5.32 Å². The lowest BCUT2D eigenvalue weighted by Crippen LogP contribution is -2.35. The molecule has 4 nitrogen and oxygen atoms in total. The average Bonchev–Trinajstić information content (AvgIpc) is 2.20. The minimum Gasteiger partial charge on any atom is -0.370 e. The summed E-state index contributed by atoms with van der Waals surface area (Å²) in [5.41, 5.74) is 5.50. The van der Waals surface area contributed by atoms with E-state index in [0.717, 1.165) is 3.57 Å². The molecule has 1 aromatic rings. The normalized spacial score (nSPS) is 11.9. The van der Waals surface area contributed by atoms with Gasteiger partial charge in [0.2, 0.25) is 5.91 Å². The molecule has 0 aromatic heterocycles. The number of nitrogens with two attached hydrogens (primary N) is 1. The molecule has 2 amide bonds. The molecule has 0 aliphatic rings. The van der Waals surface area contributed by atoms with E-state index >= 15 is 0 Å². The van der Waals surface area contributed by atoms with Crippen molar-refractivity contribution in [3.05, 3.63) is 32.4 Å². The second-order valence-electron chi connectivity index (χ2n) is 3.67. The van der Waals surface area contributed by atoms with E-state index in [9.17, 15) is 9.59 Å². The Morgan fingerprint density at radius 2 is 2.18 bits per heavy atom. The molecular weight excluding hydrogens is 354 g/mol. The average molecular weight is 367 g/mol. The van der Waals surface area contributed by atoms with E-state index in [4.69, 9.17) is 17.3 Å². The maximum atomic E-state index is 11.8. The number of hydrogen-bond donors (Lipinski definition) is 2. The summed E-state index contributed by atoms with van der Waals surface area (Å²) in [5.74, 6) is -0.713. The van der Waals surface area contributed by atoms with Gasteiger partial charge in [-0.3, -0.25) is 9.59 Å². The van der Waals surface area contributed by atoms with Crippen LogP contribution in [0.3, 0.4) is 0 Å². The SMILES string of the molecule is CC(CC(N)=O)NC(=O)c1ccc(I)c(Cl)c1. The number of rotatable bonds is 4. The first kappa shape index (κ1) is 14.2. The van der Waals surface area contributed by atoms with Crippen LogP contribution in [0.15, 0.2) is 18.2 Å². The van der Waals surface area contributed by atoms with Gasteiger partial charge in [0.1, 0.15) is 0 Å². The summed E-state index contributed by atoms with van der Waals surface area (Å²) in [6.07, 6.45) is 0.115. The highest BCUT2D eigenvalue weighted by Crippen LogP contribution is 2.19. The van der Waals surface area contributed by atoms with Crippen molar-refractivity contribution in [2.24, 2.45) is 5.73 Å². The molecule has 0 fully saturated rings. The van der Waals surface area contributed by atoms with Crippen molar-refractivity contribution in [3.8, 4) is 0 Å². The molecule has 1 unspecified atom stereocenters. The quantitative estimate of drug-likeness (QED) is 0.799. The third kappa shape index (κ3) is 4.51. The van der Waals surface area contributed by atoms with E-state index in [-0.39, 0.29) is 18.4 Å². The van der Waals surface area contributed by atoms with Crippen LogP contribution >= 0.6 is 34.2 Å². The van der Waals surface area contributed by atoms with Gasteiger partial charge in [0, 0.05) is 21.6 Å². The van der Waals surface area contributed by atoms with Crippen LogP contribution in [0, 0.1) is 3.57 Å². The molecule has 0 radical (unpaired) electrons. The largest absolute Gasteiger partial charge is 0.370 e. The predicted octanol–water partition coefficient (Wildman–Crippen LogP) is 1.94. The summed E-state index contributed by atoms with van der Waals surface area (Å²) in [7, 11) is 0. The van der Waals surface area contributed by atoms with Gasteiger partial charge in [0.05, 0.1) is 5.02 Å². The van der Waals surface area contributed by atoms with Gasteiger partial charge in [-0.15, -0.1) is 0 Å². The fourth-order valence-electron chi connectivity index (χ4n) is 1.30. The van der Waals surface area contributed by atoms with Crippen LogP contribution < -0.4 is 11.1 Å². The van der Waals surface area contributed by atoms with Crippen LogP contribution in [-0.2, 0) is 4.79 Å². The molecule has 0 aliphatic heterocycles. The molecule has 0 aliphatic carbocycles. The van der Waals surface area contributed by atoms with Gasteiger partial charge in [-0.25, -0.2) is 0 Å². The second kappa shape index (κ2) is 6.20. The predicted molar refractivity (Wildman–Crippen MR) is 74.9 cm³/mol. The molecule has 17 heavy (non-hydrogen) atoms. The Bertz CT molecular complexity index is 451. The molecule has 1 rings (SSSR count). The first-order chi connectivity index (χ1) is 7.90. The lowest BCUT2D eigenvalue weighted by Gasteiger charge is -2.12. The van der Waals surface area contributed by atoms with Gasteiger partial charge in [0.15, 0.2) is 0 Å². The second-order valence-corrected chi connectivity index (χ2v) is 5.24. The molecule has 1 atom stereocenters. The van der Waals surface area contributed by atoms with E-state index in [2.05, 4.69) is 27.9 Å². The molecule has 0 bridgehead atoms. The lowest BCUT2D eigenvalue weighted by atomic mass is 10.1. The van der Waals surface area contributed by atoms with Crippen molar-refractivity contribution in [3.63, 3.8) is 0 Å². The zero-order chi connectivity index (χ0) is 13.0. The molecule has 0 saturated heterocycles. The molecule has 92 valence electrons. The molecular formula is C11H12ClIN2O2. The number of nitrogens with one attached hydrogen (secondary N) is 1. The standard InChI is InChI=1S/C11H12ClIN2O2/c1-6(4-10(14)16)15-11(17)7-2-3-9(13)8(12)5-7/h2-3,5-6H,4H2,1H3,(H2,14,16)(H,15,17). The minimum absolute atomic E-state index is 0.115. The Kier molecular flexibility index (Phi) is 5.20. The summed E-state index contributed by atoms with van der Waals surface area (Å²) < 4.78 is 0.881. The lowest BCUT2D eigenvalue weighted by molar-refractivity contribution is -0.118. The molecule has 6 heteroatoms. The highest BCUT2D eigenvalue weighted by atomic mass is 127. The Morgan fingerprint density at radius 1 is 1.53 bits per heavy atom. The van der Waals surface area contributed by atoms with Crippen LogP contribution in [0.1, 0.15) is 23.7 Å². The Labute approximate surface area is 118 Å². The van der Waals surface area contributed by atoms with Crippen molar-refractivity contribution in [2.45, 2.75) is 19.4 Å². The van der Waals surface area contributed by atoms with Crippen molar-refractivity contribution in [1.29, 1.82) is 0 Å². The summed E-state index contributed by atoms with van der Waals surface area (Å²) >= 11 is 8.00. The number of carbonyl (C=O) groups excluding carboxylic acids is 2. The Hall–Kier alpha value is -0.820. The molecule has 3 N–H and O–H groups in total. The monoisotopic (exact) mass is 366 g/mol. The maximum Gasteiger partial charge on any atom is 0.251 e. The van der Waals surface area contributed by atoms with Gasteiger partial charge < -0.3 is 11.1 Å². The molecule has 0 saturated carbocycles. The number of amides is 2. The first-order valence-corrected chi connectivity index (χ1v) is 6.40. The Balaban J connectivity index is 2.70. The zero-order valence-corrected chi connectivity index (χ0v) is 12.1. The Morgan fingerprint density at radius 3 is 2.71 bits per heavy atom. The van der Waals surface area contributed by atoms with E-state index in [1.165, 1.54) is 0 Å². The number of benzene rings is 1. The van der Waals surface area contributed by atoms with E-state index < -0.39 is 5.91 Å². The van der Waals surface area contributed by atoms with Crippen LogP contribution in [-0.4, -0.2) is 17.9 Å². The number of hydrogen-bond acceptors (Lipinski definition) is 2. The molecule has 0 spiro atoms. The summed E-state index contributed by atoms with van der Waals surface area (Å²) in [5, 5.41) is 3.20. The number of carbonyl (C=O) groups is 2. The maximum absolute atomic E-state index is 11.8. The summed E-state index contributed by atoms with van der Waals surface area (Å²) in [6, 6.07) is 4.74. The van der Waals surface area contributed by atoms with Crippen LogP contribution in [0.2, 0.25) is 5.02 Å². The van der Waals surface area contributed by atoms with Gasteiger partial charge in [-0.2, -0.15) is 0 Å². The summed E-state index contributed by atoms with van der Waals surface area (Å²) in [4.78, 5) is 22.5. The van der Waals surface area contributed by atoms with Gasteiger partial charge in [-0.1, -0.05) is 11.6 Å². The van der Waals surface area contributed by atoms with Crippen LogP contribution in [0.4, 0.5) is 0 Å². The number of halogens is 2. The van der Waals surface area contributed by atoms with Crippen LogP contribution in [0.25, 0.3) is 0 Å². The van der Waals surface area contributed by atoms with E-state index in [1.54, 1.807) is 25.1 Å². The summed E-state index contributed by atoms with van der Waals surface area (Å²) in [6.45, 7) is 1.72. The van der Waals surface area contributed by atoms with E-state index in [1.807, 2.05) is 0 Å². The smallest absolute Gasteiger partial charge is 0.251 e. The topological polar surface area (TPSA) is 72.2 Å². The van der Waals surface area contributed by atoms with E-state index in [0.29, 0.717) is 10.6 Å². The first-order valence-electron chi connectivity index (χ1n) is 4.94. The van der Waals surface area contributed by atoms with Gasteiger partial charge in [0.25, 0.3) is 5.91 Å². The fraction of sp³-hybridized carbons (Fsp3) is 0.273. The third-order valence-electron chi connectivity index (χ3n) is 2.07. The number of primary amides is 1. The molecule has 1 aromatic carbocycles. The molecule has 0 heterocycles. The third-order valence-corrected chi connectivity index (χ3v) is 3.64. The van der Waals surface area contributed by atoms with Crippen LogP contribution in [0.5, 0.6) is 0 Å². The zero-order valence-electron chi connectivity index (χ0n) is 9.17. The highest BCUT2D eigenvalue weighted by molar-refractivity contribution is 14.1. The van der Waals surface area contributed by atoms with Crippen molar-refractivity contribution >= 4 is 46.0 Å². The van der Waals surface area contributed by atoms with Gasteiger partial charge >= 0.3 is 0 Å². The highest BCUT2D eigenvalue weighted by Gasteiger charge is 2.12.